The van der Waals surface area contributed by atoms with Crippen LogP contribution >= 0.6 is 11.3 Å². The number of hydrogen-bond acceptors (Lipinski definition) is 4. The van der Waals surface area contributed by atoms with Gasteiger partial charge >= 0.3 is 0 Å². The number of para-hydroxylation sites is 1. The van der Waals surface area contributed by atoms with Crippen LogP contribution < -0.4 is 4.74 Å². The van der Waals surface area contributed by atoms with Crippen molar-refractivity contribution in [3.8, 4) is 17.6 Å². The molecule has 1 aliphatic carbocycles. The monoisotopic (exact) mass is 372 g/mol. The van der Waals surface area contributed by atoms with Crippen LogP contribution in [0.25, 0.3) is 11.6 Å². The maximum Gasteiger partial charge on any atom is 0.134 e. The van der Waals surface area contributed by atoms with Crippen molar-refractivity contribution in [2.24, 2.45) is 5.92 Å². The van der Waals surface area contributed by atoms with Gasteiger partial charge in [-0.3, -0.25) is 0 Å². The number of benzene rings is 2. The molecule has 0 spiro atoms. The van der Waals surface area contributed by atoms with Crippen LogP contribution in [-0.4, -0.2) is 4.98 Å². The van der Waals surface area contributed by atoms with E-state index in [1.165, 1.54) is 17.0 Å². The summed E-state index contributed by atoms with van der Waals surface area (Å²) in [6.07, 6.45) is 5.17. The van der Waals surface area contributed by atoms with Crippen LogP contribution in [0.15, 0.2) is 54.6 Å². The molecular formula is C23H20N2OS. The molecule has 0 fully saturated rings. The fourth-order valence-corrected chi connectivity index (χ4v) is 4.49. The third kappa shape index (κ3) is 4.10. The lowest BCUT2D eigenvalue weighted by Crippen LogP contribution is -2.09. The topological polar surface area (TPSA) is 45.9 Å². The predicted molar refractivity (Wildman–Crippen MR) is 110 cm³/mol. The Balaban J connectivity index is 1.60. The van der Waals surface area contributed by atoms with Crippen molar-refractivity contribution >= 4 is 23.0 Å². The van der Waals surface area contributed by atoms with Gasteiger partial charge in [0.2, 0.25) is 0 Å². The molecule has 4 heteroatoms. The molecule has 0 amide bonds. The Kier molecular flexibility index (Phi) is 5.04. The smallest absolute Gasteiger partial charge is 0.134 e. The van der Waals surface area contributed by atoms with E-state index in [0.29, 0.717) is 11.5 Å². The van der Waals surface area contributed by atoms with E-state index >= 15 is 0 Å². The van der Waals surface area contributed by atoms with E-state index in [2.05, 4.69) is 13.0 Å². The summed E-state index contributed by atoms with van der Waals surface area (Å²) >= 11 is 1.66. The Hall–Kier alpha value is -2.90. The van der Waals surface area contributed by atoms with Gasteiger partial charge in [-0.25, -0.2) is 4.98 Å². The molecule has 3 aromatic rings. The lowest BCUT2D eigenvalue weighted by molar-refractivity contribution is 0.482. The van der Waals surface area contributed by atoms with Crippen LogP contribution in [-0.2, 0) is 12.8 Å². The number of fused-ring (bicyclic) bond motifs is 1. The molecule has 27 heavy (non-hydrogen) atoms. The Morgan fingerprint density at radius 2 is 2.00 bits per heavy atom. The number of ether oxygens (including phenoxy) is 1. The largest absolute Gasteiger partial charge is 0.457 e. The van der Waals surface area contributed by atoms with Gasteiger partial charge in [0.15, 0.2) is 0 Å². The third-order valence-corrected chi connectivity index (χ3v) is 5.84. The Morgan fingerprint density at radius 3 is 2.81 bits per heavy atom. The number of hydrogen-bond donors (Lipinski definition) is 0. The molecule has 1 aromatic heterocycles. The number of aryl methyl sites for hydroxylation is 1. The second-order valence-corrected chi connectivity index (χ2v) is 7.98. The lowest BCUT2D eigenvalue weighted by Gasteiger charge is -2.15. The fourth-order valence-electron chi connectivity index (χ4n) is 3.26. The van der Waals surface area contributed by atoms with Crippen LogP contribution in [0.2, 0.25) is 0 Å². The zero-order chi connectivity index (χ0) is 18.6. The molecule has 2 aromatic carbocycles. The summed E-state index contributed by atoms with van der Waals surface area (Å²) in [6.45, 7) is 2.28. The molecule has 1 aliphatic rings. The highest BCUT2D eigenvalue weighted by atomic mass is 32.1. The summed E-state index contributed by atoms with van der Waals surface area (Å²) in [6, 6.07) is 19.8. The van der Waals surface area contributed by atoms with Crippen molar-refractivity contribution < 1.29 is 4.74 Å². The van der Waals surface area contributed by atoms with Gasteiger partial charge in [-0.2, -0.15) is 5.26 Å². The van der Waals surface area contributed by atoms with Gasteiger partial charge in [-0.1, -0.05) is 37.3 Å². The Morgan fingerprint density at radius 1 is 1.19 bits per heavy atom. The van der Waals surface area contributed by atoms with Gasteiger partial charge in [0.1, 0.15) is 22.6 Å². The second-order valence-electron chi connectivity index (χ2n) is 6.89. The molecule has 1 heterocycles. The van der Waals surface area contributed by atoms with Crippen molar-refractivity contribution in [3.05, 3.63) is 75.7 Å². The van der Waals surface area contributed by atoms with Gasteiger partial charge in [-0.05, 0) is 61.1 Å². The molecule has 1 atom stereocenters. The van der Waals surface area contributed by atoms with Crippen LogP contribution in [0, 0.1) is 17.2 Å². The molecule has 1 unspecified atom stereocenters. The molecule has 4 rings (SSSR count). The van der Waals surface area contributed by atoms with Gasteiger partial charge in [-0.15, -0.1) is 11.3 Å². The molecular weight excluding hydrogens is 352 g/mol. The first-order valence-electron chi connectivity index (χ1n) is 9.15. The SMILES string of the molecule is CC1CCc2nc(/C(C#N)=C/c3cccc(Oc4ccccc4)c3)sc2C1. The highest BCUT2D eigenvalue weighted by Crippen LogP contribution is 2.33. The summed E-state index contributed by atoms with van der Waals surface area (Å²) < 4.78 is 5.89. The third-order valence-electron chi connectivity index (χ3n) is 4.68. The molecule has 0 N–H and O–H groups in total. The molecule has 0 radical (unpaired) electrons. The van der Waals surface area contributed by atoms with Crippen LogP contribution in [0.5, 0.6) is 11.5 Å². The molecule has 134 valence electrons. The van der Waals surface area contributed by atoms with Crippen molar-refractivity contribution in [2.45, 2.75) is 26.2 Å². The average Bonchev–Trinajstić information content (AvgIpc) is 3.10. The van der Waals surface area contributed by atoms with E-state index in [1.807, 2.05) is 60.7 Å². The summed E-state index contributed by atoms with van der Waals surface area (Å²) in [4.78, 5) is 6.08. The molecule has 0 saturated carbocycles. The van der Waals surface area contributed by atoms with Gasteiger partial charge < -0.3 is 4.74 Å². The number of rotatable bonds is 4. The van der Waals surface area contributed by atoms with Gasteiger partial charge in [0, 0.05) is 4.88 Å². The number of allylic oxidation sites excluding steroid dienone is 1. The summed E-state index contributed by atoms with van der Waals surface area (Å²) in [5.41, 5.74) is 2.72. The highest BCUT2D eigenvalue weighted by molar-refractivity contribution is 7.13. The minimum Gasteiger partial charge on any atom is -0.457 e. The van der Waals surface area contributed by atoms with Crippen LogP contribution in [0.4, 0.5) is 0 Å². The fraction of sp³-hybridized carbons (Fsp3) is 0.217. The Bertz CT molecular complexity index is 1010. The molecule has 0 aliphatic heterocycles. The zero-order valence-electron chi connectivity index (χ0n) is 15.2. The van der Waals surface area contributed by atoms with Crippen LogP contribution in [0.1, 0.15) is 34.5 Å². The van der Waals surface area contributed by atoms with E-state index in [-0.39, 0.29) is 0 Å². The number of aromatic nitrogens is 1. The van der Waals surface area contributed by atoms with Gasteiger partial charge in [0.25, 0.3) is 0 Å². The number of nitriles is 1. The van der Waals surface area contributed by atoms with Crippen LogP contribution in [0.3, 0.4) is 0 Å². The van der Waals surface area contributed by atoms with E-state index in [1.54, 1.807) is 11.3 Å². The molecule has 0 saturated heterocycles. The number of thiazole rings is 1. The number of nitrogens with zero attached hydrogens (tertiary/aromatic N) is 2. The van der Waals surface area contributed by atoms with Crippen molar-refractivity contribution in [3.63, 3.8) is 0 Å². The van der Waals surface area contributed by atoms with Crippen molar-refractivity contribution in [1.29, 1.82) is 5.26 Å². The maximum absolute atomic E-state index is 9.68. The predicted octanol–water partition coefficient (Wildman–Crippen LogP) is 6.12. The summed E-state index contributed by atoms with van der Waals surface area (Å²) in [7, 11) is 0. The first-order valence-corrected chi connectivity index (χ1v) is 9.96. The van der Waals surface area contributed by atoms with Crippen molar-refractivity contribution in [1.82, 2.24) is 4.98 Å². The maximum atomic E-state index is 9.68. The van der Waals surface area contributed by atoms with E-state index in [0.717, 1.165) is 34.9 Å². The van der Waals surface area contributed by atoms with E-state index < -0.39 is 0 Å². The Labute approximate surface area is 163 Å². The molecule has 0 bridgehead atoms. The van der Waals surface area contributed by atoms with Gasteiger partial charge in [0.05, 0.1) is 11.3 Å². The first kappa shape index (κ1) is 17.5. The second kappa shape index (κ2) is 7.77. The standard InChI is InChI=1S/C23H20N2OS/c1-16-10-11-21-22(12-16)27-23(25-21)18(15-24)13-17-6-5-9-20(14-17)26-19-7-3-2-4-8-19/h2-9,13-14,16H,10-12H2,1H3/b18-13+. The van der Waals surface area contributed by atoms with E-state index in [4.69, 9.17) is 9.72 Å². The summed E-state index contributed by atoms with van der Waals surface area (Å²) in [5.74, 6) is 2.24. The first-order chi connectivity index (χ1) is 13.2. The lowest BCUT2D eigenvalue weighted by atomic mass is 9.93. The minimum atomic E-state index is 0.610. The molecule has 3 nitrogen and oxygen atoms in total. The quantitative estimate of drug-likeness (QED) is 0.518. The summed E-state index contributed by atoms with van der Waals surface area (Å²) in [5, 5.41) is 10.5. The van der Waals surface area contributed by atoms with Crippen molar-refractivity contribution in [2.75, 3.05) is 0 Å². The average molecular weight is 372 g/mol. The normalized spacial score (nSPS) is 16.4. The minimum absolute atomic E-state index is 0.610. The zero-order valence-corrected chi connectivity index (χ0v) is 16.0. The van der Waals surface area contributed by atoms with E-state index in [9.17, 15) is 5.26 Å². The highest BCUT2D eigenvalue weighted by Gasteiger charge is 2.21.